The molecule has 1 N–H and O–H groups in total. The average molecular weight is 227 g/mol. The minimum absolute atomic E-state index is 0.0198. The molecular formula is C11H17NO4. The van der Waals surface area contributed by atoms with Crippen molar-refractivity contribution in [2.24, 2.45) is 11.8 Å². The molecule has 0 aromatic heterocycles. The van der Waals surface area contributed by atoms with E-state index >= 15 is 0 Å². The van der Waals surface area contributed by atoms with Crippen molar-refractivity contribution in [3.8, 4) is 0 Å². The maximum Gasteiger partial charge on any atom is 0.232 e. The number of amides is 2. The summed E-state index contributed by atoms with van der Waals surface area (Å²) in [5.74, 6) is -0.299. The number of piperidine rings is 1. The Balaban J connectivity index is 2.18. The van der Waals surface area contributed by atoms with Gasteiger partial charge in [-0.1, -0.05) is 0 Å². The van der Waals surface area contributed by atoms with E-state index in [9.17, 15) is 14.7 Å². The third kappa shape index (κ3) is 1.74. The molecule has 90 valence electrons. The number of carbonyl (C=O) groups excluding carboxylic acids is 2. The molecule has 3 unspecified atom stereocenters. The van der Waals surface area contributed by atoms with Gasteiger partial charge in [0.2, 0.25) is 11.8 Å². The van der Waals surface area contributed by atoms with E-state index in [2.05, 4.69) is 0 Å². The molecule has 0 radical (unpaired) electrons. The van der Waals surface area contributed by atoms with Crippen LogP contribution in [0.4, 0.5) is 0 Å². The zero-order valence-electron chi connectivity index (χ0n) is 9.39. The first kappa shape index (κ1) is 11.5. The highest BCUT2D eigenvalue weighted by Gasteiger charge is 2.47. The third-order valence-corrected chi connectivity index (χ3v) is 3.54. The predicted molar refractivity (Wildman–Crippen MR) is 55.4 cm³/mol. The number of methoxy groups -OCH3 is 1. The van der Waals surface area contributed by atoms with Gasteiger partial charge in [0.15, 0.2) is 0 Å². The first-order valence-corrected chi connectivity index (χ1v) is 5.65. The number of carbonyl (C=O) groups is 2. The van der Waals surface area contributed by atoms with E-state index in [1.54, 1.807) is 0 Å². The van der Waals surface area contributed by atoms with E-state index in [1.165, 1.54) is 12.0 Å². The van der Waals surface area contributed by atoms with Gasteiger partial charge in [0.1, 0.15) is 0 Å². The molecule has 0 spiro atoms. The first-order valence-electron chi connectivity index (χ1n) is 5.65. The number of rotatable bonds is 4. The highest BCUT2D eigenvalue weighted by Crippen LogP contribution is 2.38. The monoisotopic (exact) mass is 227 g/mol. The van der Waals surface area contributed by atoms with Gasteiger partial charge in [0, 0.05) is 18.9 Å². The standard InChI is InChI=1S/C11H17NO4/c1-16-6-9(5-13)12-10(14)7-2-3-8(4-7)11(12)15/h7-9,13H,2-6H2,1H3. The molecule has 0 aromatic carbocycles. The lowest BCUT2D eigenvalue weighted by Crippen LogP contribution is -2.54. The van der Waals surface area contributed by atoms with Crippen molar-refractivity contribution in [3.05, 3.63) is 0 Å². The van der Waals surface area contributed by atoms with Gasteiger partial charge in [-0.2, -0.15) is 0 Å². The molecule has 5 heteroatoms. The normalized spacial score (nSPS) is 31.0. The molecule has 2 bridgehead atoms. The van der Waals surface area contributed by atoms with Crippen molar-refractivity contribution < 1.29 is 19.4 Å². The van der Waals surface area contributed by atoms with Crippen LogP contribution in [0.2, 0.25) is 0 Å². The van der Waals surface area contributed by atoms with E-state index in [0.717, 1.165) is 12.8 Å². The maximum absolute atomic E-state index is 12.0. The fourth-order valence-corrected chi connectivity index (χ4v) is 2.69. The zero-order chi connectivity index (χ0) is 11.7. The summed E-state index contributed by atoms with van der Waals surface area (Å²) in [6, 6.07) is -0.520. The summed E-state index contributed by atoms with van der Waals surface area (Å²) < 4.78 is 4.93. The smallest absolute Gasteiger partial charge is 0.232 e. The number of hydrogen-bond acceptors (Lipinski definition) is 4. The Morgan fingerprint density at radius 3 is 2.38 bits per heavy atom. The van der Waals surface area contributed by atoms with Crippen LogP contribution in [0, 0.1) is 11.8 Å². The lowest BCUT2D eigenvalue weighted by molar-refractivity contribution is -0.158. The van der Waals surface area contributed by atoms with Crippen molar-refractivity contribution in [1.29, 1.82) is 0 Å². The van der Waals surface area contributed by atoms with Crippen LogP contribution in [0.5, 0.6) is 0 Å². The molecule has 3 atom stereocenters. The van der Waals surface area contributed by atoms with Crippen LogP contribution >= 0.6 is 0 Å². The van der Waals surface area contributed by atoms with Gasteiger partial charge in [-0.05, 0) is 19.3 Å². The summed E-state index contributed by atoms with van der Waals surface area (Å²) >= 11 is 0. The maximum atomic E-state index is 12.0. The zero-order valence-corrected chi connectivity index (χ0v) is 9.39. The number of fused-ring (bicyclic) bond motifs is 2. The minimum atomic E-state index is -0.520. The molecule has 1 saturated heterocycles. The van der Waals surface area contributed by atoms with Crippen LogP contribution in [0.25, 0.3) is 0 Å². The summed E-state index contributed by atoms with van der Waals surface area (Å²) in [7, 11) is 1.50. The van der Waals surface area contributed by atoms with Gasteiger partial charge in [-0.15, -0.1) is 0 Å². The summed E-state index contributed by atoms with van der Waals surface area (Å²) in [5, 5.41) is 9.21. The molecule has 2 rings (SSSR count). The average Bonchev–Trinajstić information content (AvgIpc) is 2.72. The fourth-order valence-electron chi connectivity index (χ4n) is 2.69. The molecule has 0 aromatic rings. The SMILES string of the molecule is COCC(CO)N1C(=O)C2CCC(C2)C1=O. The van der Waals surface area contributed by atoms with E-state index < -0.39 is 6.04 Å². The second kappa shape index (κ2) is 4.51. The van der Waals surface area contributed by atoms with E-state index in [4.69, 9.17) is 4.74 Å². The summed E-state index contributed by atoms with van der Waals surface area (Å²) in [6.45, 7) is -0.0296. The molecule has 1 aliphatic heterocycles. The Bertz CT molecular complexity index is 282. The van der Waals surface area contributed by atoms with Gasteiger partial charge in [0.25, 0.3) is 0 Å². The lowest BCUT2D eigenvalue weighted by atomic mass is 9.95. The predicted octanol–water partition coefficient (Wildman–Crippen LogP) is -0.221. The highest BCUT2D eigenvalue weighted by atomic mass is 16.5. The number of nitrogens with zero attached hydrogens (tertiary/aromatic N) is 1. The van der Waals surface area contributed by atoms with Crippen molar-refractivity contribution in [1.82, 2.24) is 4.90 Å². The van der Waals surface area contributed by atoms with E-state index in [1.807, 2.05) is 0 Å². The van der Waals surface area contributed by atoms with Gasteiger partial charge >= 0.3 is 0 Å². The Morgan fingerprint density at radius 1 is 1.38 bits per heavy atom. The van der Waals surface area contributed by atoms with Crippen LogP contribution in [-0.2, 0) is 14.3 Å². The molecule has 1 heterocycles. The fraction of sp³-hybridized carbons (Fsp3) is 0.818. The molecule has 5 nitrogen and oxygen atoms in total. The van der Waals surface area contributed by atoms with Crippen LogP contribution in [0.15, 0.2) is 0 Å². The Hall–Kier alpha value is -0.940. The van der Waals surface area contributed by atoms with Crippen LogP contribution in [0.1, 0.15) is 19.3 Å². The van der Waals surface area contributed by atoms with Crippen LogP contribution < -0.4 is 0 Å². The van der Waals surface area contributed by atoms with Crippen molar-refractivity contribution in [2.45, 2.75) is 25.3 Å². The molecule has 1 saturated carbocycles. The highest BCUT2D eigenvalue weighted by molar-refractivity contribution is 6.01. The van der Waals surface area contributed by atoms with Gasteiger partial charge in [-0.3, -0.25) is 14.5 Å². The number of aliphatic hydroxyl groups excluding tert-OH is 1. The van der Waals surface area contributed by atoms with E-state index in [-0.39, 0.29) is 36.9 Å². The van der Waals surface area contributed by atoms with Crippen molar-refractivity contribution >= 4 is 11.8 Å². The van der Waals surface area contributed by atoms with Gasteiger partial charge in [-0.25, -0.2) is 0 Å². The molecule has 2 fully saturated rings. The third-order valence-electron chi connectivity index (χ3n) is 3.54. The number of aliphatic hydroxyl groups is 1. The van der Waals surface area contributed by atoms with Gasteiger partial charge < -0.3 is 9.84 Å². The molecule has 16 heavy (non-hydrogen) atoms. The largest absolute Gasteiger partial charge is 0.394 e. The Morgan fingerprint density at radius 2 is 1.94 bits per heavy atom. The number of ether oxygens (including phenoxy) is 1. The topological polar surface area (TPSA) is 66.8 Å². The second-order valence-electron chi connectivity index (χ2n) is 4.55. The summed E-state index contributed by atoms with van der Waals surface area (Å²) in [6.07, 6.45) is 2.30. The number of imide groups is 1. The molecule has 2 aliphatic rings. The number of hydrogen-bond donors (Lipinski definition) is 1. The first-order chi connectivity index (χ1) is 7.69. The van der Waals surface area contributed by atoms with Crippen LogP contribution in [-0.4, -0.2) is 48.2 Å². The Kier molecular flexibility index (Phi) is 3.25. The van der Waals surface area contributed by atoms with Crippen molar-refractivity contribution in [3.63, 3.8) is 0 Å². The quantitative estimate of drug-likeness (QED) is 0.674. The summed E-state index contributed by atoms with van der Waals surface area (Å²) in [5.41, 5.74) is 0. The number of likely N-dealkylation sites (tertiary alicyclic amines) is 1. The minimum Gasteiger partial charge on any atom is -0.394 e. The van der Waals surface area contributed by atoms with Gasteiger partial charge in [0.05, 0.1) is 19.3 Å². The molecular weight excluding hydrogens is 210 g/mol. The molecule has 2 amide bonds. The van der Waals surface area contributed by atoms with E-state index in [0.29, 0.717) is 6.42 Å². The summed E-state index contributed by atoms with van der Waals surface area (Å²) in [4.78, 5) is 25.2. The molecule has 1 aliphatic carbocycles. The van der Waals surface area contributed by atoms with Crippen LogP contribution in [0.3, 0.4) is 0 Å². The second-order valence-corrected chi connectivity index (χ2v) is 4.55. The lowest BCUT2D eigenvalue weighted by Gasteiger charge is -2.34. The Labute approximate surface area is 94.4 Å². The van der Waals surface area contributed by atoms with Crippen molar-refractivity contribution in [2.75, 3.05) is 20.3 Å².